The topological polar surface area (TPSA) is 86.8 Å². The van der Waals surface area contributed by atoms with Crippen LogP contribution in [-0.2, 0) is 26.2 Å². The van der Waals surface area contributed by atoms with Gasteiger partial charge in [-0.25, -0.2) is 8.42 Å². The highest BCUT2D eigenvalue weighted by Crippen LogP contribution is 2.29. The lowest BCUT2D eigenvalue weighted by Crippen LogP contribution is -2.52. The molecule has 3 aromatic rings. The Hall–Kier alpha value is -2.78. The summed E-state index contributed by atoms with van der Waals surface area (Å²) < 4.78 is 28.6. The van der Waals surface area contributed by atoms with E-state index >= 15 is 0 Å². The maximum Gasteiger partial charge on any atom is 0.264 e. The molecule has 0 saturated heterocycles. The quantitative estimate of drug-likeness (QED) is 0.301. The number of anilines is 1. The van der Waals surface area contributed by atoms with Crippen LogP contribution in [0.15, 0.2) is 71.6 Å². The van der Waals surface area contributed by atoms with Gasteiger partial charge in [0.2, 0.25) is 11.8 Å². The molecule has 39 heavy (non-hydrogen) atoms. The molecule has 0 aliphatic carbocycles. The van der Waals surface area contributed by atoms with Gasteiger partial charge < -0.3 is 10.2 Å². The Morgan fingerprint density at radius 1 is 0.897 bits per heavy atom. The summed E-state index contributed by atoms with van der Waals surface area (Å²) in [6.07, 6.45) is 0. The van der Waals surface area contributed by atoms with E-state index in [9.17, 15) is 18.0 Å². The summed E-state index contributed by atoms with van der Waals surface area (Å²) in [6.45, 7) is 6.36. The maximum atomic E-state index is 13.9. The standard InChI is InChI=1S/C28H30Cl3N3O4S/c1-18(2)32-28(36)20(4)33(16-21-11-12-22(29)14-26(21)31)27(35)17-34(23-13-10-19(3)25(30)15-23)39(37,38)24-8-6-5-7-9-24/h5-15,18,20H,16-17H2,1-4H3,(H,32,36)/t20-/m1/s1. The molecule has 208 valence electrons. The number of amides is 2. The lowest BCUT2D eigenvalue weighted by molar-refractivity contribution is -0.139. The Morgan fingerprint density at radius 3 is 2.15 bits per heavy atom. The van der Waals surface area contributed by atoms with E-state index in [2.05, 4.69) is 5.32 Å². The minimum absolute atomic E-state index is 0.00684. The fourth-order valence-corrected chi connectivity index (χ4v) is 5.88. The van der Waals surface area contributed by atoms with E-state index in [1.54, 1.807) is 62.4 Å². The van der Waals surface area contributed by atoms with Gasteiger partial charge in [-0.1, -0.05) is 65.1 Å². The summed E-state index contributed by atoms with van der Waals surface area (Å²) in [6, 6.07) is 16.3. The fraction of sp³-hybridized carbons (Fsp3) is 0.286. The van der Waals surface area contributed by atoms with Crippen molar-refractivity contribution in [2.45, 2.75) is 51.2 Å². The average Bonchev–Trinajstić information content (AvgIpc) is 2.88. The van der Waals surface area contributed by atoms with Crippen LogP contribution in [0.4, 0.5) is 5.69 Å². The molecular formula is C28H30Cl3N3O4S. The molecule has 3 aromatic carbocycles. The number of hydrogen-bond donors (Lipinski definition) is 1. The number of carbonyl (C=O) groups excluding carboxylic acids is 2. The van der Waals surface area contributed by atoms with E-state index in [-0.39, 0.29) is 29.1 Å². The average molecular weight is 611 g/mol. The Kier molecular flexibility index (Phi) is 10.3. The summed E-state index contributed by atoms with van der Waals surface area (Å²) in [5.74, 6) is -0.997. The Morgan fingerprint density at radius 2 is 1.56 bits per heavy atom. The Labute approximate surface area is 244 Å². The molecule has 0 aliphatic rings. The number of benzene rings is 3. The number of rotatable bonds is 10. The second-order valence-electron chi connectivity index (χ2n) is 9.35. The summed E-state index contributed by atoms with van der Waals surface area (Å²) in [7, 11) is -4.18. The molecular weight excluding hydrogens is 581 g/mol. The summed E-state index contributed by atoms with van der Waals surface area (Å²) in [4.78, 5) is 28.2. The summed E-state index contributed by atoms with van der Waals surface area (Å²) in [5.41, 5.74) is 1.52. The van der Waals surface area contributed by atoms with Gasteiger partial charge >= 0.3 is 0 Å². The SMILES string of the molecule is Cc1ccc(N(CC(=O)N(Cc2ccc(Cl)cc2Cl)[C@H](C)C(=O)NC(C)C)S(=O)(=O)c2ccccc2)cc1Cl. The molecule has 0 heterocycles. The van der Waals surface area contributed by atoms with Crippen LogP contribution in [0.3, 0.4) is 0 Å². The lowest BCUT2D eigenvalue weighted by Gasteiger charge is -2.32. The third kappa shape index (κ3) is 7.66. The van der Waals surface area contributed by atoms with E-state index in [0.29, 0.717) is 20.6 Å². The number of sulfonamides is 1. The van der Waals surface area contributed by atoms with Gasteiger partial charge in [0, 0.05) is 27.7 Å². The van der Waals surface area contributed by atoms with Crippen LogP contribution in [0, 0.1) is 6.92 Å². The normalized spacial score (nSPS) is 12.2. The van der Waals surface area contributed by atoms with Crippen molar-refractivity contribution in [3.05, 3.63) is 92.9 Å². The van der Waals surface area contributed by atoms with Gasteiger partial charge in [-0.05, 0) is 75.2 Å². The van der Waals surface area contributed by atoms with Crippen LogP contribution in [0.1, 0.15) is 31.9 Å². The van der Waals surface area contributed by atoms with Gasteiger partial charge in [0.15, 0.2) is 0 Å². The van der Waals surface area contributed by atoms with Crippen LogP contribution in [0.25, 0.3) is 0 Å². The second-order valence-corrected chi connectivity index (χ2v) is 12.5. The number of carbonyl (C=O) groups is 2. The first-order valence-electron chi connectivity index (χ1n) is 12.2. The molecule has 3 rings (SSSR count). The van der Waals surface area contributed by atoms with Crippen molar-refractivity contribution in [3.63, 3.8) is 0 Å². The zero-order chi connectivity index (χ0) is 28.9. The number of aryl methyl sites for hydroxylation is 1. The van der Waals surface area contributed by atoms with E-state index in [1.807, 2.05) is 13.8 Å². The van der Waals surface area contributed by atoms with E-state index < -0.39 is 28.5 Å². The van der Waals surface area contributed by atoms with Gasteiger partial charge in [-0.2, -0.15) is 0 Å². The largest absolute Gasteiger partial charge is 0.352 e. The predicted octanol–water partition coefficient (Wildman–Crippen LogP) is 6.09. The first kappa shape index (κ1) is 30.8. The smallest absolute Gasteiger partial charge is 0.264 e. The van der Waals surface area contributed by atoms with E-state index in [0.717, 1.165) is 9.87 Å². The lowest BCUT2D eigenvalue weighted by atomic mass is 10.1. The van der Waals surface area contributed by atoms with Crippen molar-refractivity contribution in [2.75, 3.05) is 10.8 Å². The zero-order valence-corrected chi connectivity index (χ0v) is 25.1. The molecule has 2 amide bonds. The van der Waals surface area contributed by atoms with Gasteiger partial charge in [-0.3, -0.25) is 13.9 Å². The van der Waals surface area contributed by atoms with Gasteiger partial charge in [-0.15, -0.1) is 0 Å². The highest BCUT2D eigenvalue weighted by molar-refractivity contribution is 7.92. The molecule has 0 bridgehead atoms. The molecule has 0 unspecified atom stereocenters. The third-order valence-corrected chi connectivity index (χ3v) is 8.79. The first-order valence-corrected chi connectivity index (χ1v) is 14.8. The Bertz CT molecular complexity index is 1450. The van der Waals surface area contributed by atoms with Crippen molar-refractivity contribution in [1.82, 2.24) is 10.2 Å². The molecule has 0 fully saturated rings. The number of halogens is 3. The first-order chi connectivity index (χ1) is 18.3. The molecule has 0 saturated carbocycles. The van der Waals surface area contributed by atoms with Crippen LogP contribution in [0.2, 0.25) is 15.1 Å². The number of hydrogen-bond acceptors (Lipinski definition) is 4. The minimum atomic E-state index is -4.18. The van der Waals surface area contributed by atoms with Crippen molar-refractivity contribution < 1.29 is 18.0 Å². The van der Waals surface area contributed by atoms with Gasteiger partial charge in [0.25, 0.3) is 10.0 Å². The third-order valence-electron chi connectivity index (χ3n) is 6.01. The molecule has 11 heteroatoms. The van der Waals surface area contributed by atoms with Crippen molar-refractivity contribution in [3.8, 4) is 0 Å². The second kappa shape index (κ2) is 13.0. The molecule has 1 N–H and O–H groups in total. The van der Waals surface area contributed by atoms with Crippen molar-refractivity contribution in [1.29, 1.82) is 0 Å². The van der Waals surface area contributed by atoms with E-state index in [4.69, 9.17) is 34.8 Å². The molecule has 0 spiro atoms. The van der Waals surface area contributed by atoms with Crippen molar-refractivity contribution >= 4 is 62.3 Å². The molecule has 0 aliphatic heterocycles. The zero-order valence-electron chi connectivity index (χ0n) is 22.0. The fourth-order valence-electron chi connectivity index (χ4n) is 3.81. The molecule has 7 nitrogen and oxygen atoms in total. The molecule has 1 atom stereocenters. The summed E-state index contributed by atoms with van der Waals surface area (Å²) in [5, 5.41) is 3.89. The monoisotopic (exact) mass is 609 g/mol. The number of nitrogens with one attached hydrogen (secondary N) is 1. The predicted molar refractivity (Wildman–Crippen MR) is 157 cm³/mol. The number of nitrogens with zero attached hydrogens (tertiary/aromatic N) is 2. The van der Waals surface area contributed by atoms with Crippen LogP contribution in [-0.4, -0.2) is 43.8 Å². The van der Waals surface area contributed by atoms with Crippen LogP contribution >= 0.6 is 34.8 Å². The van der Waals surface area contributed by atoms with Gasteiger partial charge in [0.1, 0.15) is 12.6 Å². The minimum Gasteiger partial charge on any atom is -0.352 e. The van der Waals surface area contributed by atoms with Crippen molar-refractivity contribution in [2.24, 2.45) is 0 Å². The Balaban J connectivity index is 2.07. The molecule has 0 aromatic heterocycles. The summed E-state index contributed by atoms with van der Waals surface area (Å²) >= 11 is 18.8. The highest BCUT2D eigenvalue weighted by atomic mass is 35.5. The van der Waals surface area contributed by atoms with Crippen LogP contribution < -0.4 is 9.62 Å². The molecule has 0 radical (unpaired) electrons. The van der Waals surface area contributed by atoms with E-state index in [1.165, 1.54) is 23.1 Å². The van der Waals surface area contributed by atoms with Crippen LogP contribution in [0.5, 0.6) is 0 Å². The van der Waals surface area contributed by atoms with Gasteiger partial charge in [0.05, 0.1) is 10.6 Å². The maximum absolute atomic E-state index is 13.9. The highest BCUT2D eigenvalue weighted by Gasteiger charge is 2.33.